The second kappa shape index (κ2) is 7.95. The van der Waals surface area contributed by atoms with Crippen molar-refractivity contribution < 1.29 is 0 Å². The highest BCUT2D eigenvalue weighted by Gasteiger charge is 2.51. The zero-order chi connectivity index (χ0) is 20.7. The minimum absolute atomic E-state index is 0.200. The van der Waals surface area contributed by atoms with Crippen molar-refractivity contribution in [3.05, 3.63) is 35.9 Å². The van der Waals surface area contributed by atoms with Gasteiger partial charge in [-0.05, 0) is 87.5 Å². The summed E-state index contributed by atoms with van der Waals surface area (Å²) in [4.78, 5) is 14.3. The van der Waals surface area contributed by atoms with E-state index in [0.717, 1.165) is 36.7 Å². The van der Waals surface area contributed by atoms with Gasteiger partial charge in [0.1, 0.15) is 0 Å². The maximum atomic E-state index is 4.81. The van der Waals surface area contributed by atoms with Gasteiger partial charge in [-0.2, -0.15) is 15.0 Å². The predicted molar refractivity (Wildman–Crippen MR) is 124 cm³/mol. The summed E-state index contributed by atoms with van der Waals surface area (Å²) >= 11 is 0. The standard InChI is InChI=1S/C25H34N6/c1-2-5-17(6-3-1)9-10-26-22-28-23(27-21-7-4-8-21)30-24(29-22)31-25-14-18-11-19(15-25)13-20(12-18)16-25/h1-3,5-6,18-21H,4,7-16H2,(H3,26,27,28,29,30,31). The van der Waals surface area contributed by atoms with Crippen molar-refractivity contribution in [3.8, 4) is 0 Å². The van der Waals surface area contributed by atoms with Crippen LogP contribution in [0, 0.1) is 17.8 Å². The molecule has 6 heteroatoms. The van der Waals surface area contributed by atoms with E-state index in [-0.39, 0.29) is 5.54 Å². The number of hydrogen-bond acceptors (Lipinski definition) is 6. The molecule has 0 saturated heterocycles. The zero-order valence-electron chi connectivity index (χ0n) is 18.3. The van der Waals surface area contributed by atoms with Crippen LogP contribution in [0.2, 0.25) is 0 Å². The van der Waals surface area contributed by atoms with Crippen molar-refractivity contribution in [2.75, 3.05) is 22.5 Å². The van der Waals surface area contributed by atoms with E-state index in [1.807, 2.05) is 0 Å². The van der Waals surface area contributed by atoms with E-state index in [9.17, 15) is 0 Å². The van der Waals surface area contributed by atoms with Crippen LogP contribution in [0.1, 0.15) is 63.4 Å². The Kier molecular flexibility index (Phi) is 4.96. The minimum Gasteiger partial charge on any atom is -0.354 e. The highest BCUT2D eigenvalue weighted by molar-refractivity contribution is 5.45. The van der Waals surface area contributed by atoms with Crippen LogP contribution in [0.5, 0.6) is 0 Å². The quantitative estimate of drug-likeness (QED) is 0.568. The molecule has 2 aromatic rings. The first-order chi connectivity index (χ1) is 15.2. The topological polar surface area (TPSA) is 74.8 Å². The highest BCUT2D eigenvalue weighted by atomic mass is 15.3. The predicted octanol–water partition coefficient (Wildman–Crippen LogP) is 4.87. The van der Waals surface area contributed by atoms with E-state index in [4.69, 9.17) is 15.0 Å². The molecule has 0 amide bonds. The molecule has 4 bridgehead atoms. The van der Waals surface area contributed by atoms with Gasteiger partial charge in [0, 0.05) is 18.1 Å². The molecule has 0 radical (unpaired) electrons. The number of rotatable bonds is 8. The van der Waals surface area contributed by atoms with E-state index in [1.165, 1.54) is 63.4 Å². The van der Waals surface area contributed by atoms with Gasteiger partial charge >= 0.3 is 0 Å². The first-order valence-electron chi connectivity index (χ1n) is 12.3. The van der Waals surface area contributed by atoms with Gasteiger partial charge in [0.15, 0.2) is 0 Å². The Balaban J connectivity index is 1.19. The SMILES string of the molecule is c1ccc(CCNc2nc(NC3CCC3)nc(NC34CC5CC(CC(C5)C3)C4)n2)cc1. The summed E-state index contributed by atoms with van der Waals surface area (Å²) in [5, 5.41) is 10.8. The summed E-state index contributed by atoms with van der Waals surface area (Å²) in [6, 6.07) is 11.1. The average molecular weight is 419 g/mol. The first-order valence-corrected chi connectivity index (χ1v) is 12.3. The average Bonchev–Trinajstić information content (AvgIpc) is 2.70. The minimum atomic E-state index is 0.200. The van der Waals surface area contributed by atoms with Crippen molar-refractivity contribution in [2.45, 2.75) is 75.8 Å². The fourth-order valence-electron chi connectivity index (χ4n) is 6.77. The second-order valence-electron chi connectivity index (χ2n) is 10.6. The van der Waals surface area contributed by atoms with E-state index in [1.54, 1.807) is 0 Å². The molecule has 1 aromatic heterocycles. The Morgan fingerprint density at radius 1 is 0.806 bits per heavy atom. The van der Waals surface area contributed by atoms with Gasteiger partial charge in [-0.1, -0.05) is 30.3 Å². The molecule has 7 rings (SSSR count). The Bertz CT molecular complexity index is 874. The van der Waals surface area contributed by atoms with Crippen molar-refractivity contribution in [1.29, 1.82) is 0 Å². The first kappa shape index (κ1) is 19.3. The molecule has 1 heterocycles. The monoisotopic (exact) mass is 418 g/mol. The number of anilines is 3. The third-order valence-electron chi connectivity index (χ3n) is 8.03. The Labute approximate surface area is 185 Å². The van der Waals surface area contributed by atoms with Gasteiger partial charge in [-0.15, -0.1) is 0 Å². The van der Waals surface area contributed by atoms with Crippen LogP contribution in [-0.2, 0) is 6.42 Å². The smallest absolute Gasteiger partial charge is 0.229 e. The third kappa shape index (κ3) is 4.21. The molecule has 0 aliphatic heterocycles. The molecule has 31 heavy (non-hydrogen) atoms. The maximum Gasteiger partial charge on any atom is 0.229 e. The number of nitrogens with one attached hydrogen (secondary N) is 3. The molecular formula is C25H34N6. The van der Waals surface area contributed by atoms with Crippen LogP contribution in [0.15, 0.2) is 30.3 Å². The summed E-state index contributed by atoms with van der Waals surface area (Å²) in [5.41, 5.74) is 1.52. The molecule has 5 saturated carbocycles. The third-order valence-corrected chi connectivity index (χ3v) is 8.03. The van der Waals surface area contributed by atoms with Crippen LogP contribution < -0.4 is 16.0 Å². The van der Waals surface area contributed by atoms with Crippen LogP contribution in [0.4, 0.5) is 17.8 Å². The molecule has 6 nitrogen and oxygen atoms in total. The van der Waals surface area contributed by atoms with Crippen molar-refractivity contribution in [3.63, 3.8) is 0 Å². The number of benzene rings is 1. The maximum absolute atomic E-state index is 4.81. The largest absolute Gasteiger partial charge is 0.354 e. The van der Waals surface area contributed by atoms with Gasteiger partial charge < -0.3 is 16.0 Å². The number of aromatic nitrogens is 3. The molecule has 5 aliphatic carbocycles. The molecule has 1 aromatic carbocycles. The molecular weight excluding hydrogens is 384 g/mol. The molecule has 5 fully saturated rings. The lowest BCUT2D eigenvalue weighted by Gasteiger charge is -2.56. The summed E-state index contributed by atoms with van der Waals surface area (Å²) < 4.78 is 0. The summed E-state index contributed by atoms with van der Waals surface area (Å²) in [5.74, 6) is 4.85. The van der Waals surface area contributed by atoms with Crippen LogP contribution in [-0.4, -0.2) is 33.1 Å². The van der Waals surface area contributed by atoms with Crippen molar-refractivity contribution in [2.24, 2.45) is 17.8 Å². The van der Waals surface area contributed by atoms with Gasteiger partial charge in [0.25, 0.3) is 0 Å². The van der Waals surface area contributed by atoms with E-state index in [2.05, 4.69) is 46.3 Å². The van der Waals surface area contributed by atoms with E-state index >= 15 is 0 Å². The molecule has 5 aliphatic rings. The summed E-state index contributed by atoms with van der Waals surface area (Å²) in [7, 11) is 0. The fourth-order valence-corrected chi connectivity index (χ4v) is 6.77. The highest BCUT2D eigenvalue weighted by Crippen LogP contribution is 2.56. The van der Waals surface area contributed by atoms with E-state index < -0.39 is 0 Å². The molecule has 3 N–H and O–H groups in total. The Hall–Kier alpha value is -2.37. The van der Waals surface area contributed by atoms with Gasteiger partial charge in [-0.25, -0.2) is 0 Å². The number of nitrogens with zero attached hydrogens (tertiary/aromatic N) is 3. The Morgan fingerprint density at radius 3 is 2.10 bits per heavy atom. The lowest BCUT2D eigenvalue weighted by atomic mass is 9.53. The molecule has 0 spiro atoms. The lowest BCUT2D eigenvalue weighted by molar-refractivity contribution is 0.0103. The molecule has 164 valence electrons. The van der Waals surface area contributed by atoms with Crippen LogP contribution in [0.3, 0.4) is 0 Å². The fraction of sp³-hybridized carbons (Fsp3) is 0.640. The number of hydrogen-bond donors (Lipinski definition) is 3. The van der Waals surface area contributed by atoms with Gasteiger partial charge in [0.05, 0.1) is 0 Å². The van der Waals surface area contributed by atoms with Crippen LogP contribution in [0.25, 0.3) is 0 Å². The van der Waals surface area contributed by atoms with Crippen molar-refractivity contribution >= 4 is 17.8 Å². The van der Waals surface area contributed by atoms with Crippen LogP contribution >= 0.6 is 0 Å². The summed E-state index contributed by atoms with van der Waals surface area (Å²) in [6.45, 7) is 0.813. The van der Waals surface area contributed by atoms with Crippen molar-refractivity contribution in [1.82, 2.24) is 15.0 Å². The molecule has 0 atom stereocenters. The Morgan fingerprint density at radius 2 is 1.45 bits per heavy atom. The zero-order valence-corrected chi connectivity index (χ0v) is 18.3. The second-order valence-corrected chi connectivity index (χ2v) is 10.6. The normalized spacial score (nSPS) is 31.3. The lowest BCUT2D eigenvalue weighted by Crippen LogP contribution is -2.55. The van der Waals surface area contributed by atoms with Gasteiger partial charge in [-0.3, -0.25) is 0 Å². The van der Waals surface area contributed by atoms with Gasteiger partial charge in [0.2, 0.25) is 17.8 Å². The van der Waals surface area contributed by atoms with E-state index in [0.29, 0.717) is 17.9 Å². The summed E-state index contributed by atoms with van der Waals surface area (Å²) in [6.07, 6.45) is 12.8. The molecule has 0 unspecified atom stereocenters.